The fraction of sp³-hybridized carbons (Fsp3) is 0.467. The molecule has 0 fully saturated rings. The minimum Gasteiger partial charge on any atom is -0.493 e. The molecule has 6 nitrogen and oxygen atoms in total. The second-order valence-corrected chi connectivity index (χ2v) is 4.83. The van der Waals surface area contributed by atoms with E-state index in [-0.39, 0.29) is 0 Å². The Morgan fingerprint density at radius 2 is 1.90 bits per heavy atom. The van der Waals surface area contributed by atoms with Gasteiger partial charge < -0.3 is 19.7 Å². The normalized spacial score (nSPS) is 11.5. The summed E-state index contributed by atoms with van der Waals surface area (Å²) in [5.74, 6) is 2.05. The van der Waals surface area contributed by atoms with Crippen LogP contribution in [0.2, 0.25) is 0 Å². The molecule has 1 aromatic carbocycles. The fourth-order valence-corrected chi connectivity index (χ4v) is 2.16. The molecule has 0 saturated carbocycles. The van der Waals surface area contributed by atoms with Crippen LogP contribution >= 0.6 is 0 Å². The summed E-state index contributed by atoms with van der Waals surface area (Å²) in [6.45, 7) is 4.01. The quantitative estimate of drug-likeness (QED) is 0.881. The Morgan fingerprint density at radius 3 is 2.48 bits per heavy atom. The van der Waals surface area contributed by atoms with Crippen LogP contribution in [0.4, 0.5) is 0 Å². The number of nitrogens with zero attached hydrogens (tertiary/aromatic N) is 2. The molecule has 0 saturated heterocycles. The molecule has 0 atom stereocenters. The maximum Gasteiger partial charge on any atom is 0.261 e. The summed E-state index contributed by atoms with van der Waals surface area (Å²) >= 11 is 0. The summed E-state index contributed by atoms with van der Waals surface area (Å²) in [4.78, 5) is 4.44. The lowest BCUT2D eigenvalue weighted by molar-refractivity contribution is 0.345. The SMILES string of the molecule is CCC(N)(CC)c1noc(-c2cccc(OC)c2OC)n1. The van der Waals surface area contributed by atoms with Crippen LogP contribution in [0, 0.1) is 0 Å². The highest BCUT2D eigenvalue weighted by atomic mass is 16.5. The molecule has 0 aliphatic heterocycles. The molecule has 2 N–H and O–H groups in total. The molecule has 6 heteroatoms. The van der Waals surface area contributed by atoms with Crippen LogP contribution in [0.5, 0.6) is 11.5 Å². The Labute approximate surface area is 124 Å². The number of hydrogen-bond donors (Lipinski definition) is 1. The van der Waals surface area contributed by atoms with Gasteiger partial charge in [0, 0.05) is 0 Å². The van der Waals surface area contributed by atoms with Crippen molar-refractivity contribution in [2.24, 2.45) is 5.73 Å². The molecule has 1 heterocycles. The highest BCUT2D eigenvalue weighted by Crippen LogP contribution is 2.37. The molecular weight excluding hydrogens is 270 g/mol. The minimum absolute atomic E-state index is 0.373. The van der Waals surface area contributed by atoms with Crippen LogP contribution in [0.3, 0.4) is 0 Å². The molecule has 2 rings (SSSR count). The van der Waals surface area contributed by atoms with E-state index in [0.29, 0.717) is 28.8 Å². The van der Waals surface area contributed by atoms with Crippen molar-refractivity contribution >= 4 is 0 Å². The van der Waals surface area contributed by atoms with Crippen molar-refractivity contribution < 1.29 is 14.0 Å². The Kier molecular flexibility index (Phi) is 4.47. The van der Waals surface area contributed by atoms with E-state index in [0.717, 1.165) is 12.8 Å². The van der Waals surface area contributed by atoms with Gasteiger partial charge in [-0.1, -0.05) is 25.1 Å². The third-order valence-corrected chi connectivity index (χ3v) is 3.77. The predicted octanol–water partition coefficient (Wildman–Crippen LogP) is 2.73. The highest BCUT2D eigenvalue weighted by Gasteiger charge is 2.30. The number of methoxy groups -OCH3 is 2. The summed E-state index contributed by atoms with van der Waals surface area (Å²) in [6, 6.07) is 5.50. The van der Waals surface area contributed by atoms with Gasteiger partial charge in [-0.05, 0) is 25.0 Å². The van der Waals surface area contributed by atoms with Gasteiger partial charge in [0.2, 0.25) is 0 Å². The first-order chi connectivity index (χ1) is 10.1. The van der Waals surface area contributed by atoms with E-state index in [9.17, 15) is 0 Å². The van der Waals surface area contributed by atoms with Gasteiger partial charge >= 0.3 is 0 Å². The lowest BCUT2D eigenvalue weighted by Gasteiger charge is -2.21. The summed E-state index contributed by atoms with van der Waals surface area (Å²) in [5, 5.41) is 4.03. The van der Waals surface area contributed by atoms with E-state index >= 15 is 0 Å². The molecule has 0 aliphatic rings. The van der Waals surface area contributed by atoms with Crippen LogP contribution in [0.25, 0.3) is 11.5 Å². The second kappa shape index (κ2) is 6.13. The summed E-state index contributed by atoms with van der Waals surface area (Å²) in [7, 11) is 3.16. The van der Waals surface area contributed by atoms with Crippen molar-refractivity contribution in [3.63, 3.8) is 0 Å². The maximum atomic E-state index is 6.29. The monoisotopic (exact) mass is 291 g/mol. The van der Waals surface area contributed by atoms with Gasteiger partial charge in [0.05, 0.1) is 25.3 Å². The number of rotatable bonds is 6. The third-order valence-electron chi connectivity index (χ3n) is 3.77. The average Bonchev–Trinajstić information content (AvgIpc) is 3.03. The van der Waals surface area contributed by atoms with E-state index in [4.69, 9.17) is 19.7 Å². The first kappa shape index (κ1) is 15.3. The van der Waals surface area contributed by atoms with Crippen molar-refractivity contribution in [3.05, 3.63) is 24.0 Å². The van der Waals surface area contributed by atoms with Crippen LogP contribution in [-0.2, 0) is 5.54 Å². The predicted molar refractivity (Wildman–Crippen MR) is 79.3 cm³/mol. The standard InChI is InChI=1S/C15H21N3O3/c1-5-15(16,6-2)14-17-13(21-18-14)10-8-7-9-11(19-3)12(10)20-4/h7-9H,5-6,16H2,1-4H3. The van der Waals surface area contributed by atoms with E-state index in [1.165, 1.54) is 0 Å². The molecule has 0 bridgehead atoms. The molecule has 0 radical (unpaired) electrons. The van der Waals surface area contributed by atoms with Gasteiger partial charge in [-0.15, -0.1) is 0 Å². The van der Waals surface area contributed by atoms with E-state index in [1.54, 1.807) is 14.2 Å². The summed E-state index contributed by atoms with van der Waals surface area (Å²) in [5.41, 5.74) is 6.40. The minimum atomic E-state index is -0.576. The molecule has 114 valence electrons. The fourth-order valence-electron chi connectivity index (χ4n) is 2.16. The number of para-hydroxylation sites is 1. The molecule has 0 spiro atoms. The van der Waals surface area contributed by atoms with Gasteiger partial charge in [0.25, 0.3) is 5.89 Å². The Balaban J connectivity index is 2.47. The molecule has 0 unspecified atom stereocenters. The molecule has 0 aliphatic carbocycles. The van der Waals surface area contributed by atoms with Gasteiger partial charge in [-0.25, -0.2) is 0 Å². The molecular formula is C15H21N3O3. The van der Waals surface area contributed by atoms with Crippen LogP contribution in [0.1, 0.15) is 32.5 Å². The zero-order chi connectivity index (χ0) is 15.5. The highest BCUT2D eigenvalue weighted by molar-refractivity contribution is 5.67. The van der Waals surface area contributed by atoms with Crippen LogP contribution in [-0.4, -0.2) is 24.4 Å². The van der Waals surface area contributed by atoms with Crippen molar-refractivity contribution in [3.8, 4) is 23.0 Å². The van der Waals surface area contributed by atoms with Crippen LogP contribution < -0.4 is 15.2 Å². The average molecular weight is 291 g/mol. The number of benzene rings is 1. The third kappa shape index (κ3) is 2.71. The second-order valence-electron chi connectivity index (χ2n) is 4.83. The van der Waals surface area contributed by atoms with Crippen molar-refractivity contribution in [2.45, 2.75) is 32.2 Å². The smallest absolute Gasteiger partial charge is 0.261 e. The van der Waals surface area contributed by atoms with Crippen LogP contribution in [0.15, 0.2) is 22.7 Å². The zero-order valence-electron chi connectivity index (χ0n) is 12.8. The Morgan fingerprint density at radius 1 is 1.19 bits per heavy atom. The van der Waals surface area contributed by atoms with E-state index in [1.807, 2.05) is 32.0 Å². The van der Waals surface area contributed by atoms with Crippen molar-refractivity contribution in [2.75, 3.05) is 14.2 Å². The number of aromatic nitrogens is 2. The largest absolute Gasteiger partial charge is 0.493 e. The number of nitrogens with two attached hydrogens (primary N) is 1. The lowest BCUT2D eigenvalue weighted by Crippen LogP contribution is -2.36. The Bertz CT molecular complexity index is 606. The summed E-state index contributed by atoms with van der Waals surface area (Å²) < 4.78 is 16.0. The van der Waals surface area contributed by atoms with Gasteiger partial charge in [-0.2, -0.15) is 4.98 Å². The van der Waals surface area contributed by atoms with Crippen molar-refractivity contribution in [1.29, 1.82) is 0 Å². The van der Waals surface area contributed by atoms with Crippen molar-refractivity contribution in [1.82, 2.24) is 10.1 Å². The molecule has 2 aromatic rings. The maximum absolute atomic E-state index is 6.29. The number of hydrogen-bond acceptors (Lipinski definition) is 6. The molecule has 21 heavy (non-hydrogen) atoms. The number of ether oxygens (including phenoxy) is 2. The van der Waals surface area contributed by atoms with Gasteiger partial charge in [-0.3, -0.25) is 0 Å². The van der Waals surface area contributed by atoms with E-state index in [2.05, 4.69) is 10.1 Å². The topological polar surface area (TPSA) is 83.4 Å². The lowest BCUT2D eigenvalue weighted by atomic mass is 9.93. The van der Waals surface area contributed by atoms with Gasteiger partial charge in [0.1, 0.15) is 0 Å². The molecule has 0 amide bonds. The Hall–Kier alpha value is -2.08. The first-order valence-corrected chi connectivity index (χ1v) is 6.94. The van der Waals surface area contributed by atoms with Gasteiger partial charge in [0.15, 0.2) is 17.3 Å². The first-order valence-electron chi connectivity index (χ1n) is 6.94. The molecule has 1 aromatic heterocycles. The zero-order valence-corrected chi connectivity index (χ0v) is 12.8. The van der Waals surface area contributed by atoms with E-state index < -0.39 is 5.54 Å². The summed E-state index contributed by atoms with van der Waals surface area (Å²) in [6.07, 6.45) is 1.47.